The molecule has 1 aromatic carbocycles. The molecule has 1 aliphatic heterocycles. The summed E-state index contributed by atoms with van der Waals surface area (Å²) in [5.74, 6) is -1.96. The Kier molecular flexibility index (Phi) is 6.77. The molecule has 3 aliphatic rings. The number of carbonyl (C=O) groups excluding carboxylic acids is 1. The van der Waals surface area contributed by atoms with Gasteiger partial charge in [0.05, 0.1) is 16.8 Å². The molecule has 0 unspecified atom stereocenters. The van der Waals surface area contributed by atoms with Gasteiger partial charge in [-0.05, 0) is 81.9 Å². The molecule has 2 aromatic heterocycles. The molecular formula is C28H35F2N5OS. The van der Waals surface area contributed by atoms with Crippen LogP contribution in [0.1, 0.15) is 77.3 Å². The van der Waals surface area contributed by atoms with Crippen LogP contribution in [0.2, 0.25) is 0 Å². The van der Waals surface area contributed by atoms with E-state index in [1.807, 2.05) is 31.4 Å². The highest BCUT2D eigenvalue weighted by molar-refractivity contribution is 7.11. The second-order valence-corrected chi connectivity index (χ2v) is 12.4. The van der Waals surface area contributed by atoms with Crippen LogP contribution < -0.4 is 5.32 Å². The van der Waals surface area contributed by atoms with E-state index in [-0.39, 0.29) is 29.3 Å². The average Bonchev–Trinajstić information content (AvgIpc) is 3.42. The first-order chi connectivity index (χ1) is 17.8. The van der Waals surface area contributed by atoms with Crippen LogP contribution in [0.5, 0.6) is 0 Å². The predicted octanol–water partition coefficient (Wildman–Crippen LogP) is 5.66. The summed E-state index contributed by atoms with van der Waals surface area (Å²) < 4.78 is 30.9. The number of alkyl halides is 2. The fourth-order valence-electron chi connectivity index (χ4n) is 5.96. The number of thiazole rings is 1. The molecule has 37 heavy (non-hydrogen) atoms. The number of nitrogens with one attached hydrogen (secondary N) is 1. The van der Waals surface area contributed by atoms with Crippen LogP contribution >= 0.6 is 11.3 Å². The number of aromatic nitrogens is 3. The van der Waals surface area contributed by atoms with E-state index in [2.05, 4.69) is 20.3 Å². The van der Waals surface area contributed by atoms with Crippen molar-refractivity contribution >= 4 is 28.1 Å². The number of aryl methyl sites for hydroxylation is 1. The zero-order chi connectivity index (χ0) is 25.6. The molecule has 3 heterocycles. The molecule has 2 saturated carbocycles. The summed E-state index contributed by atoms with van der Waals surface area (Å²) in [6, 6.07) is 5.89. The number of carbonyl (C=O) groups is 1. The zero-order valence-electron chi connectivity index (χ0n) is 21.4. The first-order valence-electron chi connectivity index (χ1n) is 13.7. The third kappa shape index (κ3) is 5.58. The molecule has 2 aliphatic carbocycles. The highest BCUT2D eigenvalue weighted by Gasteiger charge is 2.42. The summed E-state index contributed by atoms with van der Waals surface area (Å²) in [5.41, 5.74) is 2.40. The Bertz CT molecular complexity index is 1270. The van der Waals surface area contributed by atoms with Crippen LogP contribution in [-0.4, -0.2) is 44.7 Å². The number of benzene rings is 1. The number of halogens is 2. The van der Waals surface area contributed by atoms with E-state index in [1.54, 1.807) is 4.68 Å². The highest BCUT2D eigenvalue weighted by Crippen LogP contribution is 2.45. The van der Waals surface area contributed by atoms with Crippen molar-refractivity contribution in [2.45, 2.75) is 76.3 Å². The van der Waals surface area contributed by atoms with Crippen molar-refractivity contribution in [3.63, 3.8) is 0 Å². The molecule has 0 bridgehead atoms. The molecule has 3 aromatic rings. The van der Waals surface area contributed by atoms with Gasteiger partial charge in [-0.25, -0.2) is 4.98 Å². The van der Waals surface area contributed by atoms with Gasteiger partial charge in [-0.2, -0.15) is 13.9 Å². The Balaban J connectivity index is 0.966. The van der Waals surface area contributed by atoms with Crippen LogP contribution in [0.25, 0.3) is 10.9 Å². The minimum Gasteiger partial charge on any atom is -0.349 e. The minimum atomic E-state index is -2.77. The number of hydrogen-bond donors (Lipinski definition) is 1. The van der Waals surface area contributed by atoms with Crippen LogP contribution in [0.4, 0.5) is 8.78 Å². The van der Waals surface area contributed by atoms with Crippen LogP contribution in [0, 0.1) is 11.8 Å². The van der Waals surface area contributed by atoms with Crippen LogP contribution in [0.15, 0.2) is 24.4 Å². The van der Waals surface area contributed by atoms with Crippen molar-refractivity contribution in [1.82, 2.24) is 25.0 Å². The van der Waals surface area contributed by atoms with Gasteiger partial charge in [0.2, 0.25) is 0 Å². The summed E-state index contributed by atoms with van der Waals surface area (Å²) in [6.45, 7) is 2.60. The molecule has 2 fully saturated rings. The van der Waals surface area contributed by atoms with E-state index in [0.29, 0.717) is 18.0 Å². The largest absolute Gasteiger partial charge is 0.349 e. The van der Waals surface area contributed by atoms with Crippen molar-refractivity contribution < 1.29 is 13.6 Å². The Morgan fingerprint density at radius 1 is 1.16 bits per heavy atom. The van der Waals surface area contributed by atoms with Gasteiger partial charge in [0.15, 0.2) is 5.01 Å². The third-order valence-corrected chi connectivity index (χ3v) is 9.58. The van der Waals surface area contributed by atoms with Gasteiger partial charge in [-0.1, -0.05) is 6.07 Å². The van der Waals surface area contributed by atoms with Gasteiger partial charge in [-0.3, -0.25) is 14.4 Å². The quantitative estimate of drug-likeness (QED) is 0.411. The molecule has 9 heteroatoms. The number of hydrogen-bond acceptors (Lipinski definition) is 5. The van der Waals surface area contributed by atoms with E-state index < -0.39 is 5.92 Å². The fourth-order valence-corrected chi connectivity index (χ4v) is 7.00. The molecule has 6 rings (SSSR count). The summed E-state index contributed by atoms with van der Waals surface area (Å²) in [5, 5.41) is 8.58. The summed E-state index contributed by atoms with van der Waals surface area (Å²) in [4.78, 5) is 20.8. The standard InChI is InChI=1S/C28H35F2N5OS/c1-34-16-22-21(3-2-4-23(22)33-34)26(36)31-20-9-7-18(8-10-20)11-13-35-14-12-25-24(17-35)32-27(37-25)28(29,30)15-19-5-6-19/h2-4,16,18-20H,5-15,17H2,1H3,(H,31,36)/t18-,20-. The zero-order valence-corrected chi connectivity index (χ0v) is 22.2. The minimum absolute atomic E-state index is 0.0171. The van der Waals surface area contributed by atoms with E-state index in [0.717, 1.165) is 85.9 Å². The van der Waals surface area contributed by atoms with E-state index in [1.165, 1.54) is 11.3 Å². The van der Waals surface area contributed by atoms with Crippen molar-refractivity contribution in [1.29, 1.82) is 0 Å². The van der Waals surface area contributed by atoms with E-state index >= 15 is 0 Å². The van der Waals surface area contributed by atoms with Gasteiger partial charge in [0.1, 0.15) is 0 Å². The van der Waals surface area contributed by atoms with Gasteiger partial charge in [-0.15, -0.1) is 11.3 Å². The van der Waals surface area contributed by atoms with Crippen molar-refractivity contribution in [2.24, 2.45) is 18.9 Å². The second kappa shape index (κ2) is 10.1. The van der Waals surface area contributed by atoms with E-state index in [4.69, 9.17) is 0 Å². The van der Waals surface area contributed by atoms with Crippen LogP contribution in [0.3, 0.4) is 0 Å². The molecule has 0 radical (unpaired) electrons. The Labute approximate surface area is 220 Å². The second-order valence-electron chi connectivity index (χ2n) is 11.3. The SMILES string of the molecule is Cn1cc2c(C(=O)N[C@H]3CC[C@H](CCN4CCc5sc(C(F)(F)CC6CC6)nc5C4)CC3)cccc2n1. The number of fused-ring (bicyclic) bond motifs is 2. The Morgan fingerprint density at radius 2 is 1.95 bits per heavy atom. The molecular weight excluding hydrogens is 492 g/mol. The average molecular weight is 528 g/mol. The molecule has 1 N–H and O–H groups in total. The fraction of sp³-hybridized carbons (Fsp3) is 0.607. The normalized spacial score (nSPS) is 22.8. The Hall–Kier alpha value is -2.39. The third-order valence-electron chi connectivity index (χ3n) is 8.31. The van der Waals surface area contributed by atoms with Gasteiger partial charge < -0.3 is 5.32 Å². The number of rotatable bonds is 8. The van der Waals surface area contributed by atoms with Gasteiger partial charge in [0, 0.05) is 49.1 Å². The maximum atomic E-state index is 14.6. The maximum absolute atomic E-state index is 14.6. The maximum Gasteiger partial charge on any atom is 0.299 e. The summed E-state index contributed by atoms with van der Waals surface area (Å²) >= 11 is 1.24. The molecule has 1 amide bonds. The van der Waals surface area contributed by atoms with Gasteiger partial charge in [0.25, 0.3) is 11.8 Å². The van der Waals surface area contributed by atoms with Crippen molar-refractivity contribution in [3.05, 3.63) is 45.5 Å². The van der Waals surface area contributed by atoms with E-state index in [9.17, 15) is 13.6 Å². The lowest BCUT2D eigenvalue weighted by atomic mass is 9.84. The van der Waals surface area contributed by atoms with Crippen LogP contribution in [-0.2, 0) is 25.9 Å². The smallest absolute Gasteiger partial charge is 0.299 e. The van der Waals surface area contributed by atoms with Crippen molar-refractivity contribution in [2.75, 3.05) is 13.1 Å². The first kappa shape index (κ1) is 24.9. The lowest BCUT2D eigenvalue weighted by Crippen LogP contribution is -2.38. The lowest BCUT2D eigenvalue weighted by Gasteiger charge is -2.32. The van der Waals surface area contributed by atoms with Gasteiger partial charge >= 0.3 is 0 Å². The summed E-state index contributed by atoms with van der Waals surface area (Å²) in [6.07, 6.45) is 9.88. The molecule has 0 saturated heterocycles. The topological polar surface area (TPSA) is 63.1 Å². The summed E-state index contributed by atoms with van der Waals surface area (Å²) in [7, 11) is 1.87. The van der Waals surface area contributed by atoms with Crippen molar-refractivity contribution in [3.8, 4) is 0 Å². The molecule has 6 nitrogen and oxygen atoms in total. The monoisotopic (exact) mass is 527 g/mol. The lowest BCUT2D eigenvalue weighted by molar-refractivity contribution is -0.0192. The molecule has 0 atom stereocenters. The molecule has 0 spiro atoms. The number of nitrogens with zero attached hydrogens (tertiary/aromatic N) is 4. The molecule has 198 valence electrons. The number of amides is 1. The Morgan fingerprint density at radius 3 is 2.73 bits per heavy atom. The first-order valence-corrected chi connectivity index (χ1v) is 14.5. The highest BCUT2D eigenvalue weighted by atomic mass is 32.1. The predicted molar refractivity (Wildman–Crippen MR) is 141 cm³/mol.